The molecule has 1 saturated heterocycles. The number of nitrogen functional groups attached to an aromatic ring is 1. The number of nitrogens with one attached hydrogen (secondary N) is 1. The predicted molar refractivity (Wildman–Crippen MR) is 109 cm³/mol. The topological polar surface area (TPSA) is 124 Å². The van der Waals surface area contributed by atoms with Gasteiger partial charge in [0.1, 0.15) is 17.5 Å². The molecule has 1 aliphatic heterocycles. The van der Waals surface area contributed by atoms with Gasteiger partial charge >= 0.3 is 6.09 Å². The molecule has 0 spiro atoms. The van der Waals surface area contributed by atoms with Gasteiger partial charge in [-0.15, -0.1) is 0 Å². The van der Waals surface area contributed by atoms with Crippen LogP contribution in [0.2, 0.25) is 0 Å². The minimum atomic E-state index is -0.565. The molecule has 1 atom stereocenters. The Morgan fingerprint density at radius 3 is 2.90 bits per heavy atom. The Balaban J connectivity index is 1.69. The molecule has 0 radical (unpaired) electrons. The highest BCUT2D eigenvalue weighted by Crippen LogP contribution is 2.34. The number of aromatic nitrogens is 5. The van der Waals surface area contributed by atoms with Crippen LogP contribution in [0.1, 0.15) is 32.6 Å². The van der Waals surface area contributed by atoms with Crippen LogP contribution in [0.15, 0.2) is 23.1 Å². The molecule has 3 N–H and O–H groups in total. The van der Waals surface area contributed by atoms with Crippen LogP contribution in [0.25, 0.3) is 16.8 Å². The third kappa shape index (κ3) is 3.79. The van der Waals surface area contributed by atoms with Gasteiger partial charge in [0.25, 0.3) is 0 Å². The fraction of sp³-hybridized carbons (Fsp3) is 0.444. The summed E-state index contributed by atoms with van der Waals surface area (Å²) in [5.41, 5.74) is 8.56. The summed E-state index contributed by atoms with van der Waals surface area (Å²) in [6.07, 6.45) is 4.31. The number of carbonyl (C=O) groups is 1. The van der Waals surface area contributed by atoms with Gasteiger partial charge in [-0.3, -0.25) is 5.10 Å². The molecule has 1 unspecified atom stereocenters. The first-order valence-electron chi connectivity index (χ1n) is 9.16. The van der Waals surface area contributed by atoms with Gasteiger partial charge in [-0.25, -0.2) is 9.78 Å². The number of carbonyl (C=O) groups excluding carboxylic acids is 1. The first-order valence-corrected chi connectivity index (χ1v) is 9.95. The van der Waals surface area contributed by atoms with E-state index in [2.05, 4.69) is 31.2 Å². The normalized spacial score (nSPS) is 17.7. The Bertz CT molecular complexity index is 1040. The summed E-state index contributed by atoms with van der Waals surface area (Å²) in [5.74, 6) is 0.401. The molecule has 0 bridgehead atoms. The fourth-order valence-corrected chi connectivity index (χ4v) is 3.65. The van der Waals surface area contributed by atoms with Crippen LogP contribution >= 0.6 is 15.9 Å². The van der Waals surface area contributed by atoms with E-state index in [0.29, 0.717) is 41.3 Å². The van der Waals surface area contributed by atoms with E-state index in [1.807, 2.05) is 20.8 Å². The molecule has 154 valence electrons. The predicted octanol–water partition coefficient (Wildman–Crippen LogP) is 2.77. The summed E-state index contributed by atoms with van der Waals surface area (Å²) < 4.78 is 13.6. The Morgan fingerprint density at radius 1 is 1.41 bits per heavy atom. The summed E-state index contributed by atoms with van der Waals surface area (Å²) in [4.78, 5) is 18.9. The fourth-order valence-electron chi connectivity index (χ4n) is 3.14. The number of anilines is 1. The number of nitrogens with zero attached hydrogens (tertiary/aromatic N) is 5. The molecule has 4 heterocycles. The number of nitrogens with two attached hydrogens (primary N) is 1. The molecule has 3 aromatic heterocycles. The smallest absolute Gasteiger partial charge is 0.410 e. The van der Waals surface area contributed by atoms with Crippen LogP contribution in [-0.4, -0.2) is 61.1 Å². The molecule has 0 aliphatic carbocycles. The zero-order valence-electron chi connectivity index (χ0n) is 16.3. The third-order valence-corrected chi connectivity index (χ3v) is 5.29. The van der Waals surface area contributed by atoms with E-state index < -0.39 is 11.7 Å². The molecule has 4 rings (SSSR count). The van der Waals surface area contributed by atoms with Crippen molar-refractivity contribution in [3.63, 3.8) is 0 Å². The first kappa shape index (κ1) is 19.6. The number of hydrogen-bond donors (Lipinski definition) is 2. The summed E-state index contributed by atoms with van der Waals surface area (Å²) in [5, 5.41) is 11.1. The lowest BCUT2D eigenvalue weighted by Crippen LogP contribution is -2.45. The molecule has 11 heteroatoms. The summed E-state index contributed by atoms with van der Waals surface area (Å²) in [6, 6.07) is 0. The maximum Gasteiger partial charge on any atom is 0.410 e. The molecule has 1 aliphatic rings. The lowest BCUT2D eigenvalue weighted by atomic mass is 10.1. The maximum atomic E-state index is 12.5. The van der Waals surface area contributed by atoms with Gasteiger partial charge in [-0.2, -0.15) is 14.7 Å². The monoisotopic (exact) mass is 463 g/mol. The molecule has 0 saturated carbocycles. The van der Waals surface area contributed by atoms with Crippen molar-refractivity contribution in [3.05, 3.63) is 28.8 Å². The van der Waals surface area contributed by atoms with Crippen molar-refractivity contribution in [2.24, 2.45) is 0 Å². The molecule has 1 fully saturated rings. The minimum Gasteiger partial charge on any atom is -0.444 e. The van der Waals surface area contributed by atoms with E-state index in [1.54, 1.807) is 28.0 Å². The van der Waals surface area contributed by atoms with Gasteiger partial charge in [0.2, 0.25) is 0 Å². The van der Waals surface area contributed by atoms with Gasteiger partial charge in [0, 0.05) is 23.9 Å². The van der Waals surface area contributed by atoms with E-state index in [0.717, 1.165) is 11.1 Å². The van der Waals surface area contributed by atoms with Crippen molar-refractivity contribution in [1.82, 2.24) is 29.7 Å². The van der Waals surface area contributed by atoms with Crippen molar-refractivity contribution < 1.29 is 14.3 Å². The standard InChI is InChI=1S/C18H22BrN7O3/c1-18(2,3)29-17(27)25-4-5-28-12(9-25)14-13(19)15(20)26-16(24-14)11(8-23-26)10-6-21-22-7-10/h6-8,12H,4-5,9,20H2,1-3H3,(H,21,22). The average Bonchev–Trinajstić information content (AvgIpc) is 3.32. The number of ether oxygens (including phenoxy) is 2. The van der Waals surface area contributed by atoms with Crippen LogP contribution in [0.3, 0.4) is 0 Å². The Morgan fingerprint density at radius 2 is 2.21 bits per heavy atom. The second kappa shape index (κ2) is 7.30. The van der Waals surface area contributed by atoms with Gasteiger partial charge in [-0.1, -0.05) is 0 Å². The highest BCUT2D eigenvalue weighted by Gasteiger charge is 2.32. The Labute approximate surface area is 175 Å². The van der Waals surface area contributed by atoms with Crippen LogP contribution < -0.4 is 5.73 Å². The number of hydrogen-bond acceptors (Lipinski definition) is 7. The lowest BCUT2D eigenvalue weighted by molar-refractivity contribution is -0.0448. The highest BCUT2D eigenvalue weighted by atomic mass is 79.9. The highest BCUT2D eigenvalue weighted by molar-refractivity contribution is 9.10. The molecular formula is C18H22BrN7O3. The van der Waals surface area contributed by atoms with E-state index in [-0.39, 0.29) is 6.09 Å². The number of halogens is 1. The summed E-state index contributed by atoms with van der Waals surface area (Å²) in [7, 11) is 0. The molecule has 10 nitrogen and oxygen atoms in total. The van der Waals surface area contributed by atoms with Crippen molar-refractivity contribution in [1.29, 1.82) is 0 Å². The number of fused-ring (bicyclic) bond motifs is 1. The van der Waals surface area contributed by atoms with E-state index >= 15 is 0 Å². The van der Waals surface area contributed by atoms with Gasteiger partial charge in [0.15, 0.2) is 5.65 Å². The third-order valence-electron chi connectivity index (χ3n) is 4.48. The lowest BCUT2D eigenvalue weighted by Gasteiger charge is -2.34. The largest absolute Gasteiger partial charge is 0.444 e. The van der Waals surface area contributed by atoms with Gasteiger partial charge < -0.3 is 20.1 Å². The molecule has 3 aromatic rings. The quantitative estimate of drug-likeness (QED) is 0.598. The minimum absolute atomic E-state index is 0.311. The number of rotatable bonds is 2. The summed E-state index contributed by atoms with van der Waals surface area (Å²) in [6.45, 7) is 6.65. The Hall–Kier alpha value is -2.66. The maximum absolute atomic E-state index is 12.5. The molecule has 1 amide bonds. The van der Waals surface area contributed by atoms with Crippen molar-refractivity contribution >= 4 is 33.5 Å². The average molecular weight is 464 g/mol. The molecule has 29 heavy (non-hydrogen) atoms. The molecular weight excluding hydrogens is 442 g/mol. The van der Waals surface area contributed by atoms with E-state index in [9.17, 15) is 4.79 Å². The van der Waals surface area contributed by atoms with Gasteiger partial charge in [-0.05, 0) is 36.7 Å². The number of aromatic amines is 1. The van der Waals surface area contributed by atoms with Crippen molar-refractivity contribution in [2.75, 3.05) is 25.4 Å². The van der Waals surface area contributed by atoms with Crippen molar-refractivity contribution in [3.8, 4) is 11.1 Å². The SMILES string of the molecule is CC(C)(C)OC(=O)N1CCOC(c2nc3c(-c4cn[nH]c4)cnn3c(N)c2Br)C1. The number of morpholine rings is 1. The van der Waals surface area contributed by atoms with Crippen LogP contribution in [0, 0.1) is 0 Å². The van der Waals surface area contributed by atoms with Crippen LogP contribution in [-0.2, 0) is 9.47 Å². The second-order valence-corrected chi connectivity index (χ2v) is 8.56. The van der Waals surface area contributed by atoms with Crippen LogP contribution in [0.5, 0.6) is 0 Å². The first-order chi connectivity index (χ1) is 13.7. The van der Waals surface area contributed by atoms with Gasteiger partial charge in [0.05, 0.1) is 35.7 Å². The number of amides is 1. The summed E-state index contributed by atoms with van der Waals surface area (Å²) >= 11 is 3.52. The van der Waals surface area contributed by atoms with Crippen LogP contribution in [0.4, 0.5) is 10.6 Å². The number of H-pyrrole nitrogens is 1. The second-order valence-electron chi connectivity index (χ2n) is 7.76. The zero-order valence-corrected chi connectivity index (χ0v) is 17.9. The van der Waals surface area contributed by atoms with E-state index in [1.165, 1.54) is 0 Å². The molecule has 0 aromatic carbocycles. The Kier molecular flexibility index (Phi) is 4.95. The van der Waals surface area contributed by atoms with E-state index in [4.69, 9.17) is 20.2 Å². The van der Waals surface area contributed by atoms with Crippen molar-refractivity contribution in [2.45, 2.75) is 32.5 Å². The zero-order chi connectivity index (χ0) is 20.8.